The molecule has 0 aliphatic carbocycles. The van der Waals surface area contributed by atoms with E-state index < -0.39 is 36.6 Å². The zero-order valence-corrected chi connectivity index (χ0v) is 12.4. The van der Waals surface area contributed by atoms with Gasteiger partial charge in [-0.05, 0) is 12.1 Å². The molecule has 0 aliphatic heterocycles. The Morgan fingerprint density at radius 3 is 2.75 bits per heavy atom. The van der Waals surface area contributed by atoms with Gasteiger partial charge in [0, 0.05) is 6.20 Å². The van der Waals surface area contributed by atoms with E-state index in [4.69, 9.17) is 9.84 Å². The van der Waals surface area contributed by atoms with Gasteiger partial charge in [-0.25, -0.2) is 9.78 Å². The highest BCUT2D eigenvalue weighted by atomic mass is 19.4. The number of rotatable bonds is 9. The second-order valence-electron chi connectivity index (χ2n) is 4.45. The number of ether oxygens (including phenoxy) is 2. The molecule has 1 atom stereocenters. The van der Waals surface area contributed by atoms with Crippen molar-refractivity contribution in [3.63, 3.8) is 0 Å². The lowest BCUT2D eigenvalue weighted by Crippen LogP contribution is -2.44. The number of hydrogen-bond acceptors (Lipinski definition) is 5. The van der Waals surface area contributed by atoms with Crippen molar-refractivity contribution in [2.75, 3.05) is 19.8 Å². The number of aliphatic carboxylic acids is 1. The van der Waals surface area contributed by atoms with E-state index in [0.29, 0.717) is 0 Å². The average Bonchev–Trinajstić information content (AvgIpc) is 2.51. The third-order valence-electron chi connectivity index (χ3n) is 2.51. The maximum absolute atomic E-state index is 12.2. The molecule has 0 saturated carbocycles. The molecule has 1 heterocycles. The summed E-state index contributed by atoms with van der Waals surface area (Å²) < 4.78 is 46.1. The van der Waals surface area contributed by atoms with Crippen molar-refractivity contribution in [1.29, 1.82) is 0 Å². The molecule has 10 heteroatoms. The molecular weight excluding hydrogens is 333 g/mol. The van der Waals surface area contributed by atoms with Gasteiger partial charge in [0.05, 0.1) is 13.2 Å². The zero-order valence-electron chi connectivity index (χ0n) is 12.4. The van der Waals surface area contributed by atoms with Gasteiger partial charge in [-0.2, -0.15) is 13.2 Å². The van der Waals surface area contributed by atoms with E-state index in [2.05, 4.69) is 21.6 Å². The number of hydrogen-bond donors (Lipinski definition) is 2. The number of alkyl halides is 3. The molecule has 1 amide bonds. The lowest BCUT2D eigenvalue weighted by molar-refractivity contribution is -0.154. The molecule has 24 heavy (non-hydrogen) atoms. The summed E-state index contributed by atoms with van der Waals surface area (Å²) in [7, 11) is 0. The van der Waals surface area contributed by atoms with Crippen LogP contribution in [0, 0.1) is 0 Å². The van der Waals surface area contributed by atoms with Gasteiger partial charge in [-0.3, -0.25) is 4.79 Å². The molecule has 0 radical (unpaired) electrons. The monoisotopic (exact) mass is 348 g/mol. The topological polar surface area (TPSA) is 97.8 Å². The van der Waals surface area contributed by atoms with Crippen LogP contribution in [0.3, 0.4) is 0 Å². The molecule has 0 bridgehead atoms. The molecule has 0 aliphatic rings. The number of carboxylic acids is 1. The van der Waals surface area contributed by atoms with Gasteiger partial charge >= 0.3 is 12.1 Å². The van der Waals surface area contributed by atoms with Gasteiger partial charge in [0.25, 0.3) is 5.91 Å². The molecule has 0 saturated heterocycles. The van der Waals surface area contributed by atoms with Crippen LogP contribution in [0.15, 0.2) is 31.0 Å². The SMILES string of the molecule is C=CCOCC(NC(=O)c1cccnc1OCC(F)(F)F)C(=O)O. The molecule has 1 aromatic heterocycles. The fourth-order valence-electron chi connectivity index (χ4n) is 1.51. The Kier molecular flexibility index (Phi) is 7.18. The minimum absolute atomic E-state index is 0.0759. The second-order valence-corrected chi connectivity index (χ2v) is 4.45. The van der Waals surface area contributed by atoms with Gasteiger partial charge in [0.15, 0.2) is 12.6 Å². The number of carboxylic acid groups (broad SMARTS) is 1. The van der Waals surface area contributed by atoms with Gasteiger partial charge in [-0.15, -0.1) is 6.58 Å². The number of pyridine rings is 1. The summed E-state index contributed by atoms with van der Waals surface area (Å²) in [5.41, 5.74) is -0.322. The highest BCUT2D eigenvalue weighted by molar-refractivity contribution is 5.98. The van der Waals surface area contributed by atoms with E-state index in [1.54, 1.807) is 0 Å². The molecule has 0 spiro atoms. The summed E-state index contributed by atoms with van der Waals surface area (Å²) in [5, 5.41) is 11.2. The highest BCUT2D eigenvalue weighted by Gasteiger charge is 2.30. The number of nitrogens with one attached hydrogen (secondary N) is 1. The predicted molar refractivity (Wildman–Crippen MR) is 75.7 cm³/mol. The van der Waals surface area contributed by atoms with Crippen LogP contribution in [-0.2, 0) is 9.53 Å². The Morgan fingerprint density at radius 1 is 1.46 bits per heavy atom. The lowest BCUT2D eigenvalue weighted by Gasteiger charge is -2.16. The van der Waals surface area contributed by atoms with E-state index in [0.717, 1.165) is 12.3 Å². The Bertz CT molecular complexity index is 592. The van der Waals surface area contributed by atoms with Crippen molar-refractivity contribution in [2.45, 2.75) is 12.2 Å². The molecule has 132 valence electrons. The Labute approximate surface area is 135 Å². The van der Waals surface area contributed by atoms with E-state index in [1.165, 1.54) is 12.1 Å². The molecular formula is C14H15F3N2O5. The third-order valence-corrected chi connectivity index (χ3v) is 2.51. The van der Waals surface area contributed by atoms with Gasteiger partial charge in [-0.1, -0.05) is 6.08 Å². The van der Waals surface area contributed by atoms with Gasteiger partial charge in [0.1, 0.15) is 5.56 Å². The first-order valence-electron chi connectivity index (χ1n) is 6.61. The summed E-state index contributed by atoms with van der Waals surface area (Å²) in [6.45, 7) is 1.49. The van der Waals surface area contributed by atoms with E-state index in [1.807, 2.05) is 0 Å². The molecule has 1 aromatic rings. The van der Waals surface area contributed by atoms with Crippen molar-refractivity contribution in [2.24, 2.45) is 0 Å². The number of aromatic nitrogens is 1. The fourth-order valence-corrected chi connectivity index (χ4v) is 1.51. The summed E-state index contributed by atoms with van der Waals surface area (Å²) in [4.78, 5) is 26.7. The van der Waals surface area contributed by atoms with Crippen LogP contribution in [0.1, 0.15) is 10.4 Å². The first-order chi connectivity index (χ1) is 11.2. The summed E-state index contributed by atoms with van der Waals surface area (Å²) >= 11 is 0. The zero-order chi connectivity index (χ0) is 18.2. The first-order valence-corrected chi connectivity index (χ1v) is 6.61. The van der Waals surface area contributed by atoms with Crippen LogP contribution in [0.4, 0.5) is 13.2 Å². The summed E-state index contributed by atoms with van der Waals surface area (Å²) in [6, 6.07) is 1.07. The quantitative estimate of drug-likeness (QED) is 0.517. The van der Waals surface area contributed by atoms with Crippen LogP contribution in [-0.4, -0.2) is 54.0 Å². The number of halogens is 3. The van der Waals surface area contributed by atoms with Gasteiger partial charge in [0.2, 0.25) is 5.88 Å². The normalized spacial score (nSPS) is 12.3. The Balaban J connectivity index is 2.82. The first kappa shape index (κ1) is 19.4. The molecule has 0 aromatic carbocycles. The van der Waals surface area contributed by atoms with Crippen LogP contribution < -0.4 is 10.1 Å². The molecule has 7 nitrogen and oxygen atoms in total. The van der Waals surface area contributed by atoms with Crippen molar-refractivity contribution >= 4 is 11.9 Å². The van der Waals surface area contributed by atoms with Crippen molar-refractivity contribution < 1.29 is 37.3 Å². The van der Waals surface area contributed by atoms with Crippen LogP contribution in [0.5, 0.6) is 5.88 Å². The summed E-state index contributed by atoms with van der Waals surface area (Å²) in [5.74, 6) is -2.87. The van der Waals surface area contributed by atoms with Crippen molar-refractivity contribution in [1.82, 2.24) is 10.3 Å². The summed E-state index contributed by atoms with van der Waals surface area (Å²) in [6.07, 6.45) is -2.07. The smallest absolute Gasteiger partial charge is 0.422 e. The largest absolute Gasteiger partial charge is 0.480 e. The number of nitrogens with zero attached hydrogens (tertiary/aromatic N) is 1. The fraction of sp³-hybridized carbons (Fsp3) is 0.357. The number of carbonyl (C=O) groups excluding carboxylic acids is 1. The second kappa shape index (κ2) is 8.87. The van der Waals surface area contributed by atoms with Crippen molar-refractivity contribution in [3.05, 3.63) is 36.5 Å². The van der Waals surface area contributed by atoms with Crippen LogP contribution in [0.2, 0.25) is 0 Å². The Hall–Kier alpha value is -2.62. The highest BCUT2D eigenvalue weighted by Crippen LogP contribution is 2.20. The Morgan fingerprint density at radius 2 is 2.17 bits per heavy atom. The van der Waals surface area contributed by atoms with E-state index in [9.17, 15) is 22.8 Å². The van der Waals surface area contributed by atoms with Gasteiger partial charge < -0.3 is 19.9 Å². The maximum atomic E-state index is 12.2. The lowest BCUT2D eigenvalue weighted by atomic mass is 10.2. The predicted octanol–water partition coefficient (Wildman–Crippen LogP) is 1.41. The van der Waals surface area contributed by atoms with Crippen LogP contribution >= 0.6 is 0 Å². The minimum Gasteiger partial charge on any atom is -0.480 e. The molecule has 1 rings (SSSR count). The van der Waals surface area contributed by atoms with E-state index >= 15 is 0 Å². The standard InChI is InChI=1S/C14H15F3N2O5/c1-2-6-23-7-10(13(21)22)19-11(20)9-4-3-5-18-12(9)24-8-14(15,16)17/h2-5,10H,1,6-8H2,(H,19,20)(H,21,22). The number of amides is 1. The average molecular weight is 348 g/mol. The van der Waals surface area contributed by atoms with Crippen molar-refractivity contribution in [3.8, 4) is 5.88 Å². The van der Waals surface area contributed by atoms with E-state index in [-0.39, 0.29) is 18.8 Å². The third kappa shape index (κ3) is 6.65. The molecule has 0 fully saturated rings. The molecule has 1 unspecified atom stereocenters. The molecule has 2 N–H and O–H groups in total. The minimum atomic E-state index is -4.60. The van der Waals surface area contributed by atoms with Crippen LogP contribution in [0.25, 0.3) is 0 Å². The number of carbonyl (C=O) groups is 2. The maximum Gasteiger partial charge on any atom is 0.422 e.